The van der Waals surface area contributed by atoms with Crippen LogP contribution in [0.2, 0.25) is 0 Å². The van der Waals surface area contributed by atoms with E-state index in [0.717, 1.165) is 9.92 Å². The number of hydrogen-bond acceptors (Lipinski definition) is 4. The van der Waals surface area contributed by atoms with Crippen molar-refractivity contribution in [1.82, 2.24) is 4.98 Å². The lowest BCUT2D eigenvalue weighted by atomic mass is 10.1. The zero-order chi connectivity index (χ0) is 13.8. The van der Waals surface area contributed by atoms with Gasteiger partial charge in [-0.25, -0.2) is 4.98 Å². The van der Waals surface area contributed by atoms with Crippen LogP contribution in [0.5, 0.6) is 0 Å². The summed E-state index contributed by atoms with van der Waals surface area (Å²) in [5.74, 6) is 0.0650. The van der Waals surface area contributed by atoms with Gasteiger partial charge in [-0.1, -0.05) is 23.0 Å². The first kappa shape index (κ1) is 13.4. The lowest BCUT2D eigenvalue weighted by molar-refractivity contribution is 0.318. The summed E-state index contributed by atoms with van der Waals surface area (Å²) in [6.45, 7) is 4.18. The zero-order valence-corrected chi connectivity index (χ0v) is 11.6. The van der Waals surface area contributed by atoms with Gasteiger partial charge in [0.2, 0.25) is 0 Å². The number of nitrogens with zero attached hydrogens (tertiary/aromatic N) is 2. The van der Waals surface area contributed by atoms with E-state index < -0.39 is 0 Å². The first-order valence-corrected chi connectivity index (χ1v) is 6.61. The Kier molecular flexibility index (Phi) is 4.06. The fraction of sp³-hybridized carbons (Fsp3) is 0.143. The fourth-order valence-corrected chi connectivity index (χ4v) is 2.40. The number of aryl methyl sites for hydroxylation is 2. The van der Waals surface area contributed by atoms with Gasteiger partial charge in [-0.15, -0.1) is 0 Å². The summed E-state index contributed by atoms with van der Waals surface area (Å²) in [7, 11) is 0. The first-order chi connectivity index (χ1) is 9.10. The summed E-state index contributed by atoms with van der Waals surface area (Å²) < 4.78 is 0. The number of rotatable bonds is 3. The average molecular weight is 273 g/mol. The van der Waals surface area contributed by atoms with E-state index in [1.807, 2.05) is 6.07 Å². The molecular formula is C14H15N3OS. The molecule has 1 aromatic heterocycles. The molecule has 1 aromatic carbocycles. The number of benzene rings is 1. The second-order valence-corrected chi connectivity index (χ2v) is 5.31. The van der Waals surface area contributed by atoms with Crippen molar-refractivity contribution in [3.8, 4) is 0 Å². The molecule has 0 unspecified atom stereocenters. The highest BCUT2D eigenvalue weighted by atomic mass is 32.2. The smallest absolute Gasteiger partial charge is 0.171 e. The largest absolute Gasteiger partial charge is 0.409 e. The summed E-state index contributed by atoms with van der Waals surface area (Å²) in [6.07, 6.45) is 1.60. The van der Waals surface area contributed by atoms with Gasteiger partial charge >= 0.3 is 0 Å². The Bertz CT molecular complexity index is 609. The molecule has 0 atom stereocenters. The van der Waals surface area contributed by atoms with Gasteiger partial charge in [-0.05, 0) is 49.2 Å². The molecule has 4 nitrogen and oxygen atoms in total. The lowest BCUT2D eigenvalue weighted by Crippen LogP contribution is -2.13. The normalized spacial score (nSPS) is 11.6. The van der Waals surface area contributed by atoms with E-state index in [2.05, 4.69) is 42.2 Å². The molecular weight excluding hydrogens is 258 g/mol. The molecule has 2 rings (SSSR count). The van der Waals surface area contributed by atoms with E-state index in [4.69, 9.17) is 10.9 Å². The highest BCUT2D eigenvalue weighted by Gasteiger charge is 2.03. The number of pyridine rings is 1. The Morgan fingerprint density at radius 2 is 2.00 bits per heavy atom. The Morgan fingerprint density at radius 1 is 1.21 bits per heavy atom. The molecule has 0 amide bonds. The lowest BCUT2D eigenvalue weighted by Gasteiger charge is -2.05. The van der Waals surface area contributed by atoms with Crippen LogP contribution >= 0.6 is 11.8 Å². The van der Waals surface area contributed by atoms with Crippen molar-refractivity contribution in [1.29, 1.82) is 0 Å². The van der Waals surface area contributed by atoms with Crippen molar-refractivity contribution in [2.24, 2.45) is 10.9 Å². The van der Waals surface area contributed by atoms with E-state index in [1.165, 1.54) is 11.1 Å². The molecule has 3 N–H and O–H groups in total. The van der Waals surface area contributed by atoms with Crippen molar-refractivity contribution in [2.75, 3.05) is 0 Å². The van der Waals surface area contributed by atoms with Crippen LogP contribution in [0.1, 0.15) is 16.7 Å². The highest BCUT2D eigenvalue weighted by Crippen LogP contribution is 2.27. The fourth-order valence-electron chi connectivity index (χ4n) is 1.55. The molecule has 19 heavy (non-hydrogen) atoms. The number of hydrogen-bond donors (Lipinski definition) is 2. The third-order valence-corrected chi connectivity index (χ3v) is 3.78. The van der Waals surface area contributed by atoms with Gasteiger partial charge in [0.15, 0.2) is 5.84 Å². The third kappa shape index (κ3) is 3.26. The molecule has 1 heterocycles. The molecule has 5 heteroatoms. The van der Waals surface area contributed by atoms with Gasteiger partial charge in [-0.3, -0.25) is 0 Å². The van der Waals surface area contributed by atoms with Crippen LogP contribution in [-0.4, -0.2) is 16.0 Å². The molecule has 0 aliphatic heterocycles. The van der Waals surface area contributed by atoms with Crippen LogP contribution in [0.15, 0.2) is 51.6 Å². The van der Waals surface area contributed by atoms with Crippen LogP contribution in [0.25, 0.3) is 0 Å². The number of aromatic nitrogens is 1. The molecule has 0 saturated carbocycles. The molecule has 2 aromatic rings. The monoisotopic (exact) mass is 273 g/mol. The summed E-state index contributed by atoms with van der Waals surface area (Å²) in [4.78, 5) is 5.43. The predicted molar refractivity (Wildman–Crippen MR) is 76.8 cm³/mol. The van der Waals surface area contributed by atoms with Gasteiger partial charge in [0, 0.05) is 16.7 Å². The van der Waals surface area contributed by atoms with Crippen molar-refractivity contribution in [3.05, 3.63) is 53.2 Å². The zero-order valence-electron chi connectivity index (χ0n) is 10.8. The average Bonchev–Trinajstić information content (AvgIpc) is 2.43. The summed E-state index contributed by atoms with van der Waals surface area (Å²) in [5.41, 5.74) is 8.63. The molecule has 0 spiro atoms. The van der Waals surface area contributed by atoms with E-state index >= 15 is 0 Å². The van der Waals surface area contributed by atoms with Crippen LogP contribution in [0.4, 0.5) is 0 Å². The van der Waals surface area contributed by atoms with Crippen molar-refractivity contribution < 1.29 is 5.21 Å². The van der Waals surface area contributed by atoms with Crippen molar-refractivity contribution in [3.63, 3.8) is 0 Å². The van der Waals surface area contributed by atoms with Crippen LogP contribution < -0.4 is 5.73 Å². The topological polar surface area (TPSA) is 71.5 Å². The van der Waals surface area contributed by atoms with Gasteiger partial charge in [-0.2, -0.15) is 0 Å². The van der Waals surface area contributed by atoms with Crippen LogP contribution in [0.3, 0.4) is 0 Å². The summed E-state index contributed by atoms with van der Waals surface area (Å²) in [6, 6.07) is 9.95. The Hall–Kier alpha value is -2.01. The van der Waals surface area contributed by atoms with E-state index in [0.29, 0.717) is 5.56 Å². The van der Waals surface area contributed by atoms with Gasteiger partial charge < -0.3 is 10.9 Å². The maximum atomic E-state index is 8.58. The predicted octanol–water partition coefficient (Wildman–Crippen LogP) is 2.94. The quantitative estimate of drug-likeness (QED) is 0.390. The maximum absolute atomic E-state index is 8.58. The molecule has 0 fully saturated rings. The Morgan fingerprint density at radius 3 is 2.58 bits per heavy atom. The number of oxime groups is 1. The Balaban J connectivity index is 2.17. The van der Waals surface area contributed by atoms with Crippen molar-refractivity contribution in [2.45, 2.75) is 23.8 Å². The van der Waals surface area contributed by atoms with E-state index in [9.17, 15) is 0 Å². The number of nitrogens with two attached hydrogens (primary N) is 1. The molecule has 0 bridgehead atoms. The van der Waals surface area contributed by atoms with Gasteiger partial charge in [0.25, 0.3) is 0 Å². The van der Waals surface area contributed by atoms with Crippen molar-refractivity contribution >= 4 is 17.6 Å². The highest BCUT2D eigenvalue weighted by molar-refractivity contribution is 7.99. The molecule has 0 aliphatic rings. The van der Waals surface area contributed by atoms with Crippen LogP contribution in [-0.2, 0) is 0 Å². The second kappa shape index (κ2) is 5.75. The standard InChI is InChI=1S/C14H15N3OS/c1-9-3-5-12(7-10(9)2)19-13-6-4-11(8-16-13)14(15)17-18/h3-8,18H,1-2H3,(H2,15,17). The van der Waals surface area contributed by atoms with Crippen LogP contribution in [0, 0.1) is 13.8 Å². The second-order valence-electron chi connectivity index (χ2n) is 4.22. The molecule has 98 valence electrons. The minimum atomic E-state index is 0.0650. The maximum Gasteiger partial charge on any atom is 0.171 e. The number of amidine groups is 1. The summed E-state index contributed by atoms with van der Waals surface area (Å²) in [5, 5.41) is 12.4. The molecule has 0 radical (unpaired) electrons. The van der Waals surface area contributed by atoms with E-state index in [-0.39, 0.29) is 5.84 Å². The Labute approximate surface area is 116 Å². The SMILES string of the molecule is Cc1ccc(Sc2ccc(/C(N)=N/O)cn2)cc1C. The first-order valence-electron chi connectivity index (χ1n) is 5.79. The minimum absolute atomic E-state index is 0.0650. The van der Waals surface area contributed by atoms with E-state index in [1.54, 1.807) is 24.0 Å². The van der Waals surface area contributed by atoms with Gasteiger partial charge in [0.1, 0.15) is 5.03 Å². The minimum Gasteiger partial charge on any atom is -0.409 e. The molecule has 0 aliphatic carbocycles. The third-order valence-electron chi connectivity index (χ3n) is 2.84. The van der Waals surface area contributed by atoms with Gasteiger partial charge in [0.05, 0.1) is 0 Å². The summed E-state index contributed by atoms with van der Waals surface area (Å²) >= 11 is 1.58. The molecule has 0 saturated heterocycles.